The number of nitrogens with one attached hydrogen (secondary N) is 1. The van der Waals surface area contributed by atoms with Gasteiger partial charge in [0.25, 0.3) is 0 Å². The van der Waals surface area contributed by atoms with Crippen LogP contribution in [0.5, 0.6) is 0 Å². The Morgan fingerprint density at radius 3 is 2.75 bits per heavy atom. The number of hydrogen-bond donors (Lipinski definition) is 1. The Bertz CT molecular complexity index is 462. The fraction of sp³-hybridized carbons (Fsp3) is 0.400. The Hall–Kier alpha value is -0.810. The molecule has 0 atom stereocenters. The van der Waals surface area contributed by atoms with Crippen LogP contribution in [0.4, 0.5) is 10.1 Å². The Morgan fingerprint density at radius 2 is 2.12 bits per heavy atom. The van der Waals surface area contributed by atoms with Crippen LogP contribution in [0.2, 0.25) is 5.02 Å². The van der Waals surface area contributed by atoms with E-state index in [-0.39, 0.29) is 23.7 Å². The molecule has 0 saturated carbocycles. The smallest absolute Gasteiger partial charge is 0.151 e. The number of halogens is 2. The first-order valence-electron chi connectivity index (χ1n) is 4.84. The molecule has 0 fully saturated rings. The molecule has 1 N–H and O–H groups in total. The van der Waals surface area contributed by atoms with Crippen LogP contribution in [-0.4, -0.2) is 26.5 Å². The van der Waals surface area contributed by atoms with Crippen molar-refractivity contribution in [3.8, 4) is 0 Å². The summed E-state index contributed by atoms with van der Waals surface area (Å²) in [6.45, 7) is 1.75. The van der Waals surface area contributed by atoms with Crippen LogP contribution in [0, 0.1) is 5.82 Å². The zero-order valence-electron chi connectivity index (χ0n) is 8.83. The SMILES string of the molecule is CCS(=O)(=O)CCNc1cc(Cl)ccc1F. The maximum atomic E-state index is 13.2. The number of anilines is 1. The van der Waals surface area contributed by atoms with Crippen LogP contribution in [0.25, 0.3) is 0 Å². The lowest BCUT2D eigenvalue weighted by molar-refractivity contribution is 0.597. The second kappa shape index (κ2) is 5.50. The minimum absolute atomic E-state index is 0.0184. The van der Waals surface area contributed by atoms with Gasteiger partial charge in [-0.3, -0.25) is 0 Å². The number of hydrogen-bond acceptors (Lipinski definition) is 3. The lowest BCUT2D eigenvalue weighted by atomic mass is 10.3. The first-order valence-corrected chi connectivity index (χ1v) is 7.04. The summed E-state index contributed by atoms with van der Waals surface area (Å²) in [7, 11) is -3.03. The zero-order valence-corrected chi connectivity index (χ0v) is 10.4. The summed E-state index contributed by atoms with van der Waals surface area (Å²) >= 11 is 5.69. The quantitative estimate of drug-likeness (QED) is 0.889. The highest BCUT2D eigenvalue weighted by atomic mass is 35.5. The predicted molar refractivity (Wildman–Crippen MR) is 64.2 cm³/mol. The van der Waals surface area contributed by atoms with Gasteiger partial charge in [-0.15, -0.1) is 0 Å². The fourth-order valence-electron chi connectivity index (χ4n) is 1.12. The van der Waals surface area contributed by atoms with Gasteiger partial charge in [-0.1, -0.05) is 18.5 Å². The van der Waals surface area contributed by atoms with Crippen LogP contribution in [0.15, 0.2) is 18.2 Å². The van der Waals surface area contributed by atoms with Crippen molar-refractivity contribution in [1.29, 1.82) is 0 Å². The van der Waals surface area contributed by atoms with Gasteiger partial charge >= 0.3 is 0 Å². The monoisotopic (exact) mass is 265 g/mol. The van der Waals surface area contributed by atoms with E-state index in [4.69, 9.17) is 11.6 Å². The molecule has 90 valence electrons. The lowest BCUT2D eigenvalue weighted by Crippen LogP contribution is -2.17. The van der Waals surface area contributed by atoms with Crippen molar-refractivity contribution >= 4 is 27.1 Å². The first-order chi connectivity index (χ1) is 7.44. The van der Waals surface area contributed by atoms with Gasteiger partial charge in [0.05, 0.1) is 11.4 Å². The number of sulfone groups is 1. The lowest BCUT2D eigenvalue weighted by Gasteiger charge is -2.07. The average Bonchev–Trinajstić information content (AvgIpc) is 2.23. The van der Waals surface area contributed by atoms with Crippen molar-refractivity contribution in [2.45, 2.75) is 6.92 Å². The van der Waals surface area contributed by atoms with Crippen molar-refractivity contribution in [2.24, 2.45) is 0 Å². The molecule has 0 spiro atoms. The minimum atomic E-state index is -3.03. The van der Waals surface area contributed by atoms with Crippen molar-refractivity contribution in [3.05, 3.63) is 29.0 Å². The third-order valence-electron chi connectivity index (χ3n) is 2.10. The molecule has 0 radical (unpaired) electrons. The topological polar surface area (TPSA) is 46.2 Å². The van der Waals surface area contributed by atoms with E-state index in [2.05, 4.69) is 5.32 Å². The molecule has 16 heavy (non-hydrogen) atoms. The molecule has 1 aromatic rings. The molecule has 0 saturated heterocycles. The van der Waals surface area contributed by atoms with E-state index in [1.165, 1.54) is 18.2 Å². The van der Waals surface area contributed by atoms with E-state index in [0.29, 0.717) is 5.02 Å². The highest BCUT2D eigenvalue weighted by Crippen LogP contribution is 2.19. The highest BCUT2D eigenvalue weighted by molar-refractivity contribution is 7.91. The molecule has 0 amide bonds. The molecular weight excluding hydrogens is 253 g/mol. The summed E-state index contributed by atoms with van der Waals surface area (Å²) < 4.78 is 35.6. The average molecular weight is 266 g/mol. The first kappa shape index (κ1) is 13.3. The molecule has 1 aromatic carbocycles. The summed E-state index contributed by atoms with van der Waals surface area (Å²) in [5.74, 6) is -0.374. The van der Waals surface area contributed by atoms with Crippen LogP contribution < -0.4 is 5.32 Å². The molecule has 0 aromatic heterocycles. The summed E-state index contributed by atoms with van der Waals surface area (Å²) in [6.07, 6.45) is 0. The Balaban J connectivity index is 2.59. The van der Waals surface area contributed by atoms with E-state index in [1.54, 1.807) is 6.92 Å². The predicted octanol–water partition coefficient (Wildman–Crippen LogP) is 2.33. The Labute approximate surface area is 99.5 Å². The molecule has 0 bridgehead atoms. The van der Waals surface area contributed by atoms with Crippen molar-refractivity contribution in [2.75, 3.05) is 23.4 Å². The molecular formula is C10H13ClFNO2S. The van der Waals surface area contributed by atoms with Gasteiger partial charge in [-0.05, 0) is 18.2 Å². The summed E-state index contributed by atoms with van der Waals surface area (Å²) in [5.41, 5.74) is 0.221. The van der Waals surface area contributed by atoms with Gasteiger partial charge in [-0.2, -0.15) is 0 Å². The van der Waals surface area contributed by atoms with E-state index in [0.717, 1.165) is 0 Å². The molecule has 0 aliphatic heterocycles. The van der Waals surface area contributed by atoms with Crippen molar-refractivity contribution in [3.63, 3.8) is 0 Å². The third kappa shape index (κ3) is 3.98. The van der Waals surface area contributed by atoms with Crippen molar-refractivity contribution < 1.29 is 12.8 Å². The molecule has 6 heteroatoms. The molecule has 1 rings (SSSR count). The zero-order chi connectivity index (χ0) is 12.2. The molecule has 0 aliphatic rings. The van der Waals surface area contributed by atoms with Gasteiger partial charge in [0.1, 0.15) is 5.82 Å². The van der Waals surface area contributed by atoms with E-state index in [1.807, 2.05) is 0 Å². The summed E-state index contributed by atoms with van der Waals surface area (Å²) in [5, 5.41) is 3.11. The number of rotatable bonds is 5. The van der Waals surface area contributed by atoms with Crippen LogP contribution in [0.1, 0.15) is 6.92 Å². The van der Waals surface area contributed by atoms with E-state index >= 15 is 0 Å². The second-order valence-corrected chi connectivity index (χ2v) is 6.20. The van der Waals surface area contributed by atoms with Gasteiger partial charge in [0.15, 0.2) is 9.84 Å². The molecule has 3 nitrogen and oxygen atoms in total. The summed E-state index contributed by atoms with van der Waals surface area (Å²) in [4.78, 5) is 0. The largest absolute Gasteiger partial charge is 0.382 e. The minimum Gasteiger partial charge on any atom is -0.382 e. The Kier molecular flexibility index (Phi) is 4.56. The highest BCUT2D eigenvalue weighted by Gasteiger charge is 2.08. The second-order valence-electron chi connectivity index (χ2n) is 3.29. The number of benzene rings is 1. The van der Waals surface area contributed by atoms with E-state index in [9.17, 15) is 12.8 Å². The Morgan fingerprint density at radius 1 is 1.44 bits per heavy atom. The molecule has 0 aliphatic carbocycles. The van der Waals surface area contributed by atoms with Gasteiger partial charge < -0.3 is 5.32 Å². The van der Waals surface area contributed by atoms with Crippen LogP contribution in [0.3, 0.4) is 0 Å². The molecule has 0 unspecified atom stereocenters. The van der Waals surface area contributed by atoms with E-state index < -0.39 is 15.7 Å². The van der Waals surface area contributed by atoms with Crippen LogP contribution >= 0.6 is 11.6 Å². The standard InChI is InChI=1S/C10H13ClFNO2S/c1-2-16(14,15)6-5-13-10-7-8(11)3-4-9(10)12/h3-4,7,13H,2,5-6H2,1H3. The van der Waals surface area contributed by atoms with Crippen molar-refractivity contribution in [1.82, 2.24) is 0 Å². The molecule has 0 heterocycles. The third-order valence-corrected chi connectivity index (χ3v) is 4.04. The maximum absolute atomic E-state index is 13.2. The van der Waals surface area contributed by atoms with Gasteiger partial charge in [0, 0.05) is 17.3 Å². The van der Waals surface area contributed by atoms with Gasteiger partial charge in [0.2, 0.25) is 0 Å². The van der Waals surface area contributed by atoms with Gasteiger partial charge in [-0.25, -0.2) is 12.8 Å². The normalized spacial score (nSPS) is 11.4. The fourth-order valence-corrected chi connectivity index (χ4v) is 1.99. The maximum Gasteiger partial charge on any atom is 0.151 e. The summed E-state index contributed by atoms with van der Waals surface area (Å²) in [6, 6.07) is 4.10. The van der Waals surface area contributed by atoms with Crippen LogP contribution in [-0.2, 0) is 9.84 Å².